The van der Waals surface area contributed by atoms with E-state index in [9.17, 15) is 13.2 Å². The number of benzene rings is 2. The molecule has 0 heterocycles. The van der Waals surface area contributed by atoms with Gasteiger partial charge < -0.3 is 10.1 Å². The zero-order valence-electron chi connectivity index (χ0n) is 15.2. The third-order valence-electron chi connectivity index (χ3n) is 4.01. The quantitative estimate of drug-likeness (QED) is 0.719. The molecule has 0 radical (unpaired) electrons. The molecule has 1 N–H and O–H groups in total. The number of hydrogen-bond donors (Lipinski definition) is 1. The highest BCUT2D eigenvalue weighted by molar-refractivity contribution is 7.92. The molecule has 0 aliphatic heterocycles. The number of amides is 1. The summed E-state index contributed by atoms with van der Waals surface area (Å²) in [6, 6.07) is 12.8. The molecular formula is C19H24N2O4S. The maximum absolute atomic E-state index is 12.9. The van der Waals surface area contributed by atoms with Crippen LogP contribution in [-0.2, 0) is 10.0 Å². The molecule has 0 saturated heterocycles. The van der Waals surface area contributed by atoms with Gasteiger partial charge in [0, 0.05) is 19.2 Å². The number of nitrogens with one attached hydrogen (secondary N) is 1. The van der Waals surface area contributed by atoms with Crippen molar-refractivity contribution in [1.29, 1.82) is 0 Å². The lowest BCUT2D eigenvalue weighted by molar-refractivity contribution is 0.0953. The third kappa shape index (κ3) is 4.54. The SMILES string of the molecule is CCCCNC(=O)c1cccc(S(=O)(=O)N(C)c2ccc(OC)cc2)c1. The Bertz CT molecular complexity index is 848. The molecule has 0 fully saturated rings. The molecule has 7 heteroatoms. The van der Waals surface area contributed by atoms with E-state index in [4.69, 9.17) is 4.74 Å². The van der Waals surface area contributed by atoms with Gasteiger partial charge in [0.15, 0.2) is 0 Å². The average molecular weight is 376 g/mol. The van der Waals surface area contributed by atoms with Gasteiger partial charge in [-0.1, -0.05) is 19.4 Å². The Labute approximate surface area is 154 Å². The van der Waals surface area contributed by atoms with E-state index in [2.05, 4.69) is 5.32 Å². The number of carbonyl (C=O) groups excluding carboxylic acids is 1. The summed E-state index contributed by atoms with van der Waals surface area (Å²) in [5.74, 6) is 0.368. The predicted molar refractivity (Wildman–Crippen MR) is 102 cm³/mol. The fourth-order valence-corrected chi connectivity index (χ4v) is 3.61. The number of carbonyl (C=O) groups is 1. The van der Waals surface area contributed by atoms with Crippen LogP contribution in [0.5, 0.6) is 5.75 Å². The first kappa shape index (κ1) is 19.8. The van der Waals surface area contributed by atoms with Gasteiger partial charge in [-0.05, 0) is 48.9 Å². The maximum Gasteiger partial charge on any atom is 0.264 e. The smallest absolute Gasteiger partial charge is 0.264 e. The summed E-state index contributed by atoms with van der Waals surface area (Å²) in [4.78, 5) is 12.2. The summed E-state index contributed by atoms with van der Waals surface area (Å²) < 4.78 is 32.0. The summed E-state index contributed by atoms with van der Waals surface area (Å²) in [5, 5.41) is 2.79. The number of nitrogens with zero attached hydrogens (tertiary/aromatic N) is 1. The lowest BCUT2D eigenvalue weighted by Gasteiger charge is -2.20. The zero-order chi connectivity index (χ0) is 19.2. The first-order chi connectivity index (χ1) is 12.4. The summed E-state index contributed by atoms with van der Waals surface area (Å²) in [6.45, 7) is 2.60. The zero-order valence-corrected chi connectivity index (χ0v) is 16.0. The molecular weight excluding hydrogens is 352 g/mol. The molecule has 6 nitrogen and oxygen atoms in total. The van der Waals surface area contributed by atoms with Gasteiger partial charge >= 0.3 is 0 Å². The molecule has 140 valence electrons. The Morgan fingerprint density at radius 2 is 1.85 bits per heavy atom. The number of rotatable bonds is 8. The molecule has 0 atom stereocenters. The summed E-state index contributed by atoms with van der Waals surface area (Å²) in [7, 11) is -0.755. The van der Waals surface area contributed by atoms with Gasteiger partial charge in [0.05, 0.1) is 17.7 Å². The molecule has 26 heavy (non-hydrogen) atoms. The Morgan fingerprint density at radius 1 is 1.15 bits per heavy atom. The van der Waals surface area contributed by atoms with Gasteiger partial charge in [-0.3, -0.25) is 9.10 Å². The average Bonchev–Trinajstić information content (AvgIpc) is 2.67. The summed E-state index contributed by atoms with van der Waals surface area (Å²) in [6.07, 6.45) is 1.85. The molecule has 1 amide bonds. The number of unbranched alkanes of at least 4 members (excludes halogenated alkanes) is 1. The second-order valence-electron chi connectivity index (χ2n) is 5.81. The van der Waals surface area contributed by atoms with Crippen molar-refractivity contribution in [2.75, 3.05) is 25.0 Å². The molecule has 2 aromatic rings. The first-order valence-corrected chi connectivity index (χ1v) is 9.85. The Kier molecular flexibility index (Phi) is 6.63. The lowest BCUT2D eigenvalue weighted by atomic mass is 10.2. The normalized spacial score (nSPS) is 11.0. The van der Waals surface area contributed by atoms with Crippen molar-refractivity contribution in [3.8, 4) is 5.75 Å². The second kappa shape index (κ2) is 8.71. The minimum absolute atomic E-state index is 0.0685. The monoisotopic (exact) mass is 376 g/mol. The summed E-state index contributed by atoms with van der Waals surface area (Å²) >= 11 is 0. The number of hydrogen-bond acceptors (Lipinski definition) is 4. The number of ether oxygens (including phenoxy) is 1. The highest BCUT2D eigenvalue weighted by atomic mass is 32.2. The molecule has 0 unspecified atom stereocenters. The minimum Gasteiger partial charge on any atom is -0.497 e. The first-order valence-electron chi connectivity index (χ1n) is 8.41. The highest BCUT2D eigenvalue weighted by Crippen LogP contribution is 2.24. The second-order valence-corrected chi connectivity index (χ2v) is 7.78. The van der Waals surface area contributed by atoms with Gasteiger partial charge in [0.1, 0.15) is 5.75 Å². The largest absolute Gasteiger partial charge is 0.497 e. The van der Waals surface area contributed by atoms with E-state index in [1.807, 2.05) is 6.92 Å². The van der Waals surface area contributed by atoms with Gasteiger partial charge in [-0.2, -0.15) is 0 Å². The third-order valence-corrected chi connectivity index (χ3v) is 5.79. The summed E-state index contributed by atoms with van der Waals surface area (Å²) in [5.41, 5.74) is 0.828. The molecule has 0 aliphatic carbocycles. The van der Waals surface area contributed by atoms with E-state index in [-0.39, 0.29) is 10.8 Å². The van der Waals surface area contributed by atoms with E-state index in [0.29, 0.717) is 23.5 Å². The minimum atomic E-state index is -3.78. The molecule has 2 rings (SSSR count). The van der Waals surface area contributed by atoms with Crippen molar-refractivity contribution in [2.24, 2.45) is 0 Å². The van der Waals surface area contributed by atoms with E-state index in [1.165, 1.54) is 23.5 Å². The van der Waals surface area contributed by atoms with Crippen LogP contribution in [0.4, 0.5) is 5.69 Å². The Morgan fingerprint density at radius 3 is 2.46 bits per heavy atom. The molecule has 0 spiro atoms. The van der Waals surface area contributed by atoms with Gasteiger partial charge in [0.2, 0.25) is 0 Å². The van der Waals surface area contributed by atoms with Crippen LogP contribution in [0, 0.1) is 0 Å². The molecule has 0 aliphatic rings. The Hall–Kier alpha value is -2.54. The number of sulfonamides is 1. The van der Waals surface area contributed by atoms with Crippen LogP contribution in [-0.4, -0.2) is 35.0 Å². The van der Waals surface area contributed by atoms with Gasteiger partial charge in [-0.15, -0.1) is 0 Å². The van der Waals surface area contributed by atoms with Gasteiger partial charge in [0.25, 0.3) is 15.9 Å². The van der Waals surface area contributed by atoms with Crippen LogP contribution in [0.1, 0.15) is 30.1 Å². The maximum atomic E-state index is 12.9. The fourth-order valence-electron chi connectivity index (χ4n) is 2.37. The number of anilines is 1. The van der Waals surface area contributed by atoms with Crippen LogP contribution in [0.15, 0.2) is 53.4 Å². The topological polar surface area (TPSA) is 75.7 Å². The molecule has 0 bridgehead atoms. The fraction of sp³-hybridized carbons (Fsp3) is 0.316. The highest BCUT2D eigenvalue weighted by Gasteiger charge is 2.22. The lowest BCUT2D eigenvalue weighted by Crippen LogP contribution is -2.28. The van der Waals surface area contributed by atoms with E-state index in [1.54, 1.807) is 43.5 Å². The van der Waals surface area contributed by atoms with Crippen LogP contribution in [0.25, 0.3) is 0 Å². The predicted octanol–water partition coefficient (Wildman–Crippen LogP) is 3.05. The van der Waals surface area contributed by atoms with Crippen LogP contribution >= 0.6 is 0 Å². The van der Waals surface area contributed by atoms with Crippen molar-refractivity contribution in [2.45, 2.75) is 24.7 Å². The van der Waals surface area contributed by atoms with Crippen LogP contribution in [0.3, 0.4) is 0 Å². The standard InChI is InChI=1S/C19H24N2O4S/c1-4-5-13-20-19(22)15-7-6-8-18(14-15)26(23,24)21(2)16-9-11-17(25-3)12-10-16/h6-12,14H,4-5,13H2,1-3H3,(H,20,22). The molecule has 0 saturated carbocycles. The van der Waals surface area contributed by atoms with Gasteiger partial charge in [-0.25, -0.2) is 8.42 Å². The molecule has 2 aromatic carbocycles. The van der Waals surface area contributed by atoms with Crippen LogP contribution in [0.2, 0.25) is 0 Å². The van der Waals surface area contributed by atoms with Crippen molar-refractivity contribution >= 4 is 21.6 Å². The van der Waals surface area contributed by atoms with E-state index >= 15 is 0 Å². The van der Waals surface area contributed by atoms with Crippen molar-refractivity contribution < 1.29 is 17.9 Å². The van der Waals surface area contributed by atoms with Crippen LogP contribution < -0.4 is 14.4 Å². The van der Waals surface area contributed by atoms with Crippen molar-refractivity contribution in [3.05, 3.63) is 54.1 Å². The van der Waals surface area contributed by atoms with E-state index < -0.39 is 10.0 Å². The number of methoxy groups -OCH3 is 1. The van der Waals surface area contributed by atoms with Crippen molar-refractivity contribution in [1.82, 2.24) is 5.32 Å². The molecule has 0 aromatic heterocycles. The Balaban J connectivity index is 2.24. The van der Waals surface area contributed by atoms with Crippen molar-refractivity contribution in [3.63, 3.8) is 0 Å². The van der Waals surface area contributed by atoms with E-state index in [0.717, 1.165) is 12.8 Å².